The molecule has 166 valence electrons. The Labute approximate surface area is 188 Å². The topological polar surface area (TPSA) is 121 Å². The molecule has 2 heterocycles. The number of amides is 2. The van der Waals surface area contributed by atoms with Gasteiger partial charge in [0, 0.05) is 34.6 Å². The highest BCUT2D eigenvalue weighted by Crippen LogP contribution is 2.36. The Morgan fingerprint density at radius 2 is 2.26 bits per heavy atom. The summed E-state index contributed by atoms with van der Waals surface area (Å²) < 4.78 is 5.68. The van der Waals surface area contributed by atoms with Crippen molar-refractivity contribution < 1.29 is 24.5 Å². The van der Waals surface area contributed by atoms with E-state index >= 15 is 0 Å². The molecule has 1 unspecified atom stereocenters. The Hall–Kier alpha value is -2.46. The number of benzene rings is 1. The minimum Gasteiger partial charge on any atom is -0.480 e. The second-order valence-corrected chi connectivity index (χ2v) is 8.51. The van der Waals surface area contributed by atoms with Crippen molar-refractivity contribution in [2.24, 2.45) is 0 Å². The first-order valence-electron chi connectivity index (χ1n) is 9.74. The molecule has 2 amide bonds. The number of aliphatic hydroxyl groups is 2. The number of rotatable bonds is 8. The van der Waals surface area contributed by atoms with Gasteiger partial charge in [-0.1, -0.05) is 17.7 Å². The van der Waals surface area contributed by atoms with Gasteiger partial charge in [-0.25, -0.2) is 4.98 Å². The SMILES string of the molecule is C=CC(NC(=O)c1nc(C)cs1)[C@@H](O)CCNC(=O)[C@H]1C[C@@H](O)c2cc(Cl)ccc2O1. The van der Waals surface area contributed by atoms with Gasteiger partial charge in [-0.15, -0.1) is 17.9 Å². The number of aliphatic hydroxyl groups excluding tert-OH is 2. The molecule has 31 heavy (non-hydrogen) atoms. The number of hydrogen-bond donors (Lipinski definition) is 4. The molecule has 1 aliphatic heterocycles. The molecule has 0 aliphatic carbocycles. The van der Waals surface area contributed by atoms with Crippen LogP contribution in [0.15, 0.2) is 36.2 Å². The lowest BCUT2D eigenvalue weighted by Gasteiger charge is -2.29. The van der Waals surface area contributed by atoms with Gasteiger partial charge in [0.15, 0.2) is 11.1 Å². The maximum atomic E-state index is 12.5. The van der Waals surface area contributed by atoms with Gasteiger partial charge in [0.2, 0.25) is 0 Å². The zero-order valence-corrected chi connectivity index (χ0v) is 18.4. The summed E-state index contributed by atoms with van der Waals surface area (Å²) in [5, 5.41) is 28.6. The fourth-order valence-electron chi connectivity index (χ4n) is 3.20. The van der Waals surface area contributed by atoms with Gasteiger partial charge in [0.1, 0.15) is 5.75 Å². The Kier molecular flexibility index (Phi) is 7.66. The summed E-state index contributed by atoms with van der Waals surface area (Å²) in [5.74, 6) is -0.381. The van der Waals surface area contributed by atoms with Gasteiger partial charge in [-0.05, 0) is 31.5 Å². The predicted octanol–water partition coefficient (Wildman–Crippen LogP) is 2.14. The number of hydrogen-bond acceptors (Lipinski definition) is 7. The summed E-state index contributed by atoms with van der Waals surface area (Å²) in [6.07, 6.45) is -0.958. The van der Waals surface area contributed by atoms with Crippen molar-refractivity contribution in [2.75, 3.05) is 6.54 Å². The van der Waals surface area contributed by atoms with Crippen molar-refractivity contribution in [3.63, 3.8) is 0 Å². The Morgan fingerprint density at radius 1 is 1.48 bits per heavy atom. The normalized spacial score (nSPS) is 19.5. The van der Waals surface area contributed by atoms with Crippen LogP contribution in [0.4, 0.5) is 0 Å². The smallest absolute Gasteiger partial charge is 0.280 e. The van der Waals surface area contributed by atoms with Crippen molar-refractivity contribution in [3.8, 4) is 5.75 Å². The molecule has 1 aromatic carbocycles. The summed E-state index contributed by atoms with van der Waals surface area (Å²) in [6.45, 7) is 5.59. The van der Waals surface area contributed by atoms with Crippen LogP contribution in [0.3, 0.4) is 0 Å². The lowest BCUT2D eigenvalue weighted by Crippen LogP contribution is -2.45. The van der Waals surface area contributed by atoms with Crippen molar-refractivity contribution >= 4 is 34.8 Å². The summed E-state index contributed by atoms with van der Waals surface area (Å²) in [6, 6.07) is 4.16. The van der Waals surface area contributed by atoms with Crippen molar-refractivity contribution in [2.45, 2.75) is 44.1 Å². The Morgan fingerprint density at radius 3 is 2.94 bits per heavy atom. The van der Waals surface area contributed by atoms with E-state index in [-0.39, 0.29) is 19.4 Å². The highest BCUT2D eigenvalue weighted by atomic mass is 35.5. The molecule has 0 spiro atoms. The third-order valence-corrected chi connectivity index (χ3v) is 6.04. The maximum absolute atomic E-state index is 12.5. The third kappa shape index (κ3) is 5.82. The number of halogens is 1. The summed E-state index contributed by atoms with van der Waals surface area (Å²) in [4.78, 5) is 28.8. The zero-order valence-electron chi connectivity index (χ0n) is 16.9. The largest absolute Gasteiger partial charge is 0.480 e. The number of fused-ring (bicyclic) bond motifs is 1. The van der Waals surface area contributed by atoms with E-state index in [1.807, 2.05) is 0 Å². The molecule has 3 rings (SSSR count). The van der Waals surface area contributed by atoms with E-state index in [0.29, 0.717) is 21.3 Å². The van der Waals surface area contributed by atoms with Gasteiger partial charge >= 0.3 is 0 Å². The van der Waals surface area contributed by atoms with E-state index in [9.17, 15) is 19.8 Å². The van der Waals surface area contributed by atoms with Gasteiger partial charge in [-0.3, -0.25) is 9.59 Å². The molecular formula is C21H24ClN3O5S. The first-order valence-corrected chi connectivity index (χ1v) is 11.0. The fourth-order valence-corrected chi connectivity index (χ4v) is 4.08. The van der Waals surface area contributed by atoms with E-state index in [0.717, 1.165) is 5.69 Å². The second-order valence-electron chi connectivity index (χ2n) is 7.22. The molecule has 1 aliphatic rings. The number of carbonyl (C=O) groups excluding carboxylic acids is 2. The number of aryl methyl sites for hydroxylation is 1. The number of thiazole rings is 1. The van der Waals surface area contributed by atoms with E-state index in [2.05, 4.69) is 22.2 Å². The number of ether oxygens (including phenoxy) is 1. The zero-order chi connectivity index (χ0) is 22.5. The highest BCUT2D eigenvalue weighted by Gasteiger charge is 2.32. The molecule has 8 nitrogen and oxygen atoms in total. The molecule has 0 saturated heterocycles. The van der Waals surface area contributed by atoms with Crippen LogP contribution in [-0.4, -0.2) is 51.8 Å². The average Bonchev–Trinajstić information content (AvgIpc) is 3.18. The van der Waals surface area contributed by atoms with Crippen molar-refractivity contribution in [1.82, 2.24) is 15.6 Å². The van der Waals surface area contributed by atoms with Crippen LogP contribution in [0.25, 0.3) is 0 Å². The number of carbonyl (C=O) groups is 2. The summed E-state index contributed by atoms with van der Waals surface area (Å²) in [5.41, 5.74) is 1.29. The molecule has 2 aromatic rings. The minimum atomic E-state index is -0.955. The average molecular weight is 466 g/mol. The molecule has 0 saturated carbocycles. The molecular weight excluding hydrogens is 442 g/mol. The molecule has 10 heteroatoms. The summed E-state index contributed by atoms with van der Waals surface area (Å²) >= 11 is 7.16. The van der Waals surface area contributed by atoms with Crippen molar-refractivity contribution in [1.29, 1.82) is 0 Å². The number of nitrogens with one attached hydrogen (secondary N) is 2. The van der Waals surface area contributed by atoms with Crippen LogP contribution in [-0.2, 0) is 4.79 Å². The molecule has 4 N–H and O–H groups in total. The van der Waals surface area contributed by atoms with Gasteiger partial charge < -0.3 is 25.6 Å². The van der Waals surface area contributed by atoms with E-state index < -0.39 is 36.2 Å². The van der Waals surface area contributed by atoms with Crippen molar-refractivity contribution in [3.05, 3.63) is 57.5 Å². The van der Waals surface area contributed by atoms with Gasteiger partial charge in [0.05, 0.1) is 18.2 Å². The fraction of sp³-hybridized carbons (Fsp3) is 0.381. The van der Waals surface area contributed by atoms with Crippen LogP contribution in [0.1, 0.15) is 40.0 Å². The maximum Gasteiger partial charge on any atom is 0.280 e. The standard InChI is InChI=1S/C21H24ClN3O5S/c1-3-14(25-20(29)21-24-11(2)10-31-21)15(26)6-7-23-19(28)18-9-16(27)13-8-12(22)4-5-17(13)30-18/h3-5,8,10,14-16,18,26-27H,1,6-7,9H2,2H3,(H,23,28)(H,25,29)/t14?,15-,16+,18+/m0/s1. The monoisotopic (exact) mass is 465 g/mol. The molecule has 1 aromatic heterocycles. The molecule has 0 radical (unpaired) electrons. The van der Waals surface area contributed by atoms with Gasteiger partial charge in [0.25, 0.3) is 11.8 Å². The van der Waals surface area contributed by atoms with Gasteiger partial charge in [-0.2, -0.15) is 0 Å². The molecule has 0 fully saturated rings. The van der Waals surface area contributed by atoms with E-state index in [1.165, 1.54) is 17.4 Å². The first-order chi connectivity index (χ1) is 14.8. The molecule has 4 atom stereocenters. The summed E-state index contributed by atoms with van der Waals surface area (Å²) in [7, 11) is 0. The second kappa shape index (κ2) is 10.2. The van der Waals surface area contributed by atoms with E-state index in [4.69, 9.17) is 16.3 Å². The van der Waals surface area contributed by atoms with Crippen LogP contribution >= 0.6 is 22.9 Å². The number of nitrogens with zero attached hydrogens (tertiary/aromatic N) is 1. The number of aromatic nitrogens is 1. The first kappa shape index (κ1) is 23.2. The lowest BCUT2D eigenvalue weighted by atomic mass is 9.98. The molecule has 0 bridgehead atoms. The minimum absolute atomic E-state index is 0.0975. The Bertz CT molecular complexity index is 966. The van der Waals surface area contributed by atoms with Crippen LogP contribution in [0.2, 0.25) is 5.02 Å². The van der Waals surface area contributed by atoms with E-state index in [1.54, 1.807) is 30.5 Å². The van der Waals surface area contributed by atoms with Crippen LogP contribution in [0, 0.1) is 6.92 Å². The lowest BCUT2D eigenvalue weighted by molar-refractivity contribution is -0.130. The third-order valence-electron chi connectivity index (χ3n) is 4.85. The van der Waals surface area contributed by atoms with Crippen LogP contribution in [0.5, 0.6) is 5.75 Å². The quantitative estimate of drug-likeness (QED) is 0.443. The highest BCUT2D eigenvalue weighted by molar-refractivity contribution is 7.11. The predicted molar refractivity (Wildman–Crippen MR) is 117 cm³/mol. The Balaban J connectivity index is 1.48. The van der Waals surface area contributed by atoms with Crippen LogP contribution < -0.4 is 15.4 Å².